The fourth-order valence-corrected chi connectivity index (χ4v) is 1.38. The van der Waals surface area contributed by atoms with Crippen LogP contribution in [0, 0.1) is 0 Å². The number of nitrogen functional groups attached to an aromatic ring is 1. The number of hydrogen-bond acceptors (Lipinski definition) is 4. The lowest BCUT2D eigenvalue weighted by molar-refractivity contribution is 0.103. The van der Waals surface area contributed by atoms with Crippen molar-refractivity contribution < 1.29 is 4.79 Å². The number of aromatic nitrogens is 3. The van der Waals surface area contributed by atoms with Gasteiger partial charge in [0.25, 0.3) is 0 Å². The number of anilines is 1. The van der Waals surface area contributed by atoms with Crippen molar-refractivity contribution in [1.29, 1.82) is 0 Å². The normalized spacial score (nSPS) is 10.9. The number of benzene rings is 1. The van der Waals surface area contributed by atoms with Crippen molar-refractivity contribution in [3.63, 3.8) is 0 Å². The van der Waals surface area contributed by atoms with Crippen LogP contribution in [0.15, 0.2) is 36.5 Å². The molecular weight excluding hydrogens is 216 g/mol. The molecule has 0 saturated carbocycles. The Morgan fingerprint density at radius 3 is 2.65 bits per heavy atom. The second-order valence-electron chi connectivity index (χ2n) is 3.61. The third-order valence-electron chi connectivity index (χ3n) is 2.33. The molecule has 1 heterocycles. The summed E-state index contributed by atoms with van der Waals surface area (Å²) < 4.78 is 1.44. The Morgan fingerprint density at radius 1 is 1.35 bits per heavy atom. The van der Waals surface area contributed by atoms with Crippen LogP contribution in [0.1, 0.15) is 16.1 Å². The molecule has 2 N–H and O–H groups in total. The Labute approximate surface area is 98.6 Å². The minimum absolute atomic E-state index is 0.130. The second kappa shape index (κ2) is 4.61. The number of ketones is 1. The number of allylic oxidation sites excluding steroid dienone is 1. The van der Waals surface area contributed by atoms with E-state index >= 15 is 0 Å². The molecule has 5 heteroatoms. The van der Waals surface area contributed by atoms with E-state index in [0.29, 0.717) is 11.4 Å². The van der Waals surface area contributed by atoms with Gasteiger partial charge in [0.2, 0.25) is 5.78 Å². The molecular formula is C12H12N4O. The van der Waals surface area contributed by atoms with E-state index in [0.717, 1.165) is 5.56 Å². The number of hydrogen-bond donors (Lipinski definition) is 1. The van der Waals surface area contributed by atoms with Gasteiger partial charge in [0.05, 0.1) is 6.20 Å². The van der Waals surface area contributed by atoms with Gasteiger partial charge in [-0.15, -0.1) is 5.10 Å². The molecule has 0 fully saturated rings. The Hall–Kier alpha value is -2.43. The molecule has 0 aliphatic carbocycles. The lowest BCUT2D eigenvalue weighted by Crippen LogP contribution is -2.03. The van der Waals surface area contributed by atoms with Crippen LogP contribution in [-0.4, -0.2) is 20.8 Å². The molecule has 0 spiro atoms. The largest absolute Gasteiger partial charge is 0.399 e. The summed E-state index contributed by atoms with van der Waals surface area (Å²) >= 11 is 0. The van der Waals surface area contributed by atoms with Gasteiger partial charge in [-0.3, -0.25) is 4.79 Å². The van der Waals surface area contributed by atoms with Gasteiger partial charge in [-0.25, -0.2) is 4.68 Å². The molecule has 5 nitrogen and oxygen atoms in total. The second-order valence-corrected chi connectivity index (χ2v) is 3.61. The highest BCUT2D eigenvalue weighted by Crippen LogP contribution is 2.08. The van der Waals surface area contributed by atoms with Crippen molar-refractivity contribution in [3.8, 4) is 0 Å². The summed E-state index contributed by atoms with van der Waals surface area (Å²) in [6, 6.07) is 7.27. The molecule has 1 aromatic heterocycles. The number of aryl methyl sites for hydroxylation is 1. The zero-order chi connectivity index (χ0) is 12.3. The Kier molecular flexibility index (Phi) is 3.00. The Morgan fingerprint density at radius 2 is 2.06 bits per heavy atom. The van der Waals surface area contributed by atoms with Crippen LogP contribution in [0.3, 0.4) is 0 Å². The van der Waals surface area contributed by atoms with Crippen LogP contribution in [-0.2, 0) is 7.05 Å². The van der Waals surface area contributed by atoms with Crippen molar-refractivity contribution in [2.45, 2.75) is 0 Å². The molecule has 17 heavy (non-hydrogen) atoms. The zero-order valence-electron chi connectivity index (χ0n) is 9.37. The van der Waals surface area contributed by atoms with E-state index in [1.165, 1.54) is 17.0 Å². The number of rotatable bonds is 3. The minimum atomic E-state index is -0.130. The summed E-state index contributed by atoms with van der Waals surface area (Å²) in [6.45, 7) is 0. The van der Waals surface area contributed by atoms with Crippen molar-refractivity contribution in [1.82, 2.24) is 15.0 Å². The van der Waals surface area contributed by atoms with Crippen molar-refractivity contribution in [3.05, 3.63) is 47.8 Å². The standard InChI is InChI=1S/C12H12N4O/c1-16-11(8-14-15-16)12(17)7-4-9-2-5-10(13)6-3-9/h2-8H,13H2,1H3/b7-4+. The number of carbonyl (C=O) groups is 1. The van der Waals surface area contributed by atoms with E-state index < -0.39 is 0 Å². The molecule has 0 aliphatic heterocycles. The SMILES string of the molecule is Cn1nncc1C(=O)/C=C/c1ccc(N)cc1. The van der Waals surface area contributed by atoms with Gasteiger partial charge in [0.1, 0.15) is 5.69 Å². The van der Waals surface area contributed by atoms with Crippen LogP contribution >= 0.6 is 0 Å². The van der Waals surface area contributed by atoms with Crippen molar-refractivity contribution >= 4 is 17.5 Å². The summed E-state index contributed by atoms with van der Waals surface area (Å²) in [6.07, 6.45) is 4.66. The van der Waals surface area contributed by atoms with Gasteiger partial charge >= 0.3 is 0 Å². The first-order chi connectivity index (χ1) is 8.16. The molecule has 0 atom stereocenters. The summed E-state index contributed by atoms with van der Waals surface area (Å²) in [7, 11) is 1.68. The first-order valence-corrected chi connectivity index (χ1v) is 5.09. The van der Waals surface area contributed by atoms with Gasteiger partial charge in [-0.05, 0) is 23.8 Å². The highest BCUT2D eigenvalue weighted by Gasteiger charge is 2.06. The highest BCUT2D eigenvalue weighted by molar-refractivity contribution is 6.05. The van der Waals surface area contributed by atoms with E-state index in [1.54, 1.807) is 25.3 Å². The van der Waals surface area contributed by atoms with E-state index in [4.69, 9.17) is 5.73 Å². The van der Waals surface area contributed by atoms with Crippen molar-refractivity contribution in [2.75, 3.05) is 5.73 Å². The lowest BCUT2D eigenvalue weighted by Gasteiger charge is -1.96. The van der Waals surface area contributed by atoms with Gasteiger partial charge in [0.15, 0.2) is 0 Å². The molecule has 2 aromatic rings. The fraction of sp³-hybridized carbons (Fsp3) is 0.0833. The van der Waals surface area contributed by atoms with Crippen LogP contribution < -0.4 is 5.73 Å². The molecule has 2 rings (SSSR count). The average molecular weight is 228 g/mol. The first-order valence-electron chi connectivity index (χ1n) is 5.09. The maximum Gasteiger partial charge on any atom is 0.205 e. The third-order valence-corrected chi connectivity index (χ3v) is 2.33. The Bertz CT molecular complexity index is 554. The number of nitrogens with zero attached hydrogens (tertiary/aromatic N) is 3. The number of nitrogens with two attached hydrogens (primary N) is 1. The molecule has 0 unspecified atom stereocenters. The molecule has 1 aromatic carbocycles. The highest BCUT2D eigenvalue weighted by atomic mass is 16.1. The van der Waals surface area contributed by atoms with E-state index in [1.807, 2.05) is 12.1 Å². The minimum Gasteiger partial charge on any atom is -0.399 e. The topological polar surface area (TPSA) is 73.8 Å². The molecule has 0 bridgehead atoms. The monoisotopic (exact) mass is 228 g/mol. The van der Waals surface area contributed by atoms with Gasteiger partial charge in [0, 0.05) is 12.7 Å². The predicted octanol–water partition coefficient (Wildman–Crippen LogP) is 1.29. The van der Waals surface area contributed by atoms with Crippen LogP contribution in [0.2, 0.25) is 0 Å². The third kappa shape index (κ3) is 2.57. The molecule has 86 valence electrons. The maximum absolute atomic E-state index is 11.8. The van der Waals surface area contributed by atoms with E-state index in [9.17, 15) is 4.79 Å². The molecule has 0 saturated heterocycles. The molecule has 0 radical (unpaired) electrons. The maximum atomic E-state index is 11.8. The zero-order valence-corrected chi connectivity index (χ0v) is 9.37. The van der Waals surface area contributed by atoms with Gasteiger partial charge in [-0.2, -0.15) is 0 Å². The van der Waals surface area contributed by atoms with Crippen LogP contribution in [0.5, 0.6) is 0 Å². The van der Waals surface area contributed by atoms with E-state index in [2.05, 4.69) is 10.3 Å². The van der Waals surface area contributed by atoms with Crippen LogP contribution in [0.25, 0.3) is 6.08 Å². The van der Waals surface area contributed by atoms with Crippen LogP contribution in [0.4, 0.5) is 5.69 Å². The fourth-order valence-electron chi connectivity index (χ4n) is 1.38. The molecule has 0 aliphatic rings. The smallest absolute Gasteiger partial charge is 0.205 e. The Balaban J connectivity index is 2.14. The summed E-state index contributed by atoms with van der Waals surface area (Å²) in [5.41, 5.74) is 7.64. The average Bonchev–Trinajstić information content (AvgIpc) is 2.74. The first kappa shape index (κ1) is 11.1. The van der Waals surface area contributed by atoms with Crippen molar-refractivity contribution in [2.24, 2.45) is 7.05 Å². The summed E-state index contributed by atoms with van der Waals surface area (Å²) in [4.78, 5) is 11.8. The molecule has 0 amide bonds. The lowest BCUT2D eigenvalue weighted by atomic mass is 10.1. The van der Waals surface area contributed by atoms with Gasteiger partial charge < -0.3 is 5.73 Å². The summed E-state index contributed by atoms with van der Waals surface area (Å²) in [5.74, 6) is -0.130. The number of carbonyl (C=O) groups excluding carboxylic acids is 1. The quantitative estimate of drug-likeness (QED) is 0.488. The van der Waals surface area contributed by atoms with Gasteiger partial charge in [-0.1, -0.05) is 23.4 Å². The van der Waals surface area contributed by atoms with E-state index in [-0.39, 0.29) is 5.78 Å². The summed E-state index contributed by atoms with van der Waals surface area (Å²) in [5, 5.41) is 7.35. The predicted molar refractivity (Wildman–Crippen MR) is 65.2 cm³/mol.